The largest absolute Gasteiger partial charge is 0.502 e. The number of aromatic nitrogens is 2. The van der Waals surface area contributed by atoms with E-state index in [1.54, 1.807) is 18.7 Å². The molecule has 4 fully saturated rings. The smallest absolute Gasteiger partial charge is 0.293 e. The summed E-state index contributed by atoms with van der Waals surface area (Å²) in [4.78, 5) is 33.7. The fourth-order valence-corrected chi connectivity index (χ4v) is 7.29. The monoisotopic (exact) mass is 836 g/mol. The lowest BCUT2D eigenvalue weighted by atomic mass is 9.69. The Morgan fingerprint density at radius 1 is 0.724 bits per heavy atom. The van der Waals surface area contributed by atoms with E-state index in [1.165, 1.54) is 51.9 Å². The summed E-state index contributed by atoms with van der Waals surface area (Å²) < 4.78 is 0. The first-order valence-electron chi connectivity index (χ1n) is 21.7. The van der Waals surface area contributed by atoms with Crippen molar-refractivity contribution in [1.29, 1.82) is 0 Å². The Labute approximate surface area is 364 Å². The number of aromatic amines is 1. The molecule has 0 spiro atoms. The lowest BCUT2D eigenvalue weighted by Gasteiger charge is -2.44. The molecule has 3 aliphatic heterocycles. The molecule has 58 heavy (non-hydrogen) atoms. The molecule has 1 saturated carbocycles. The predicted molar refractivity (Wildman–Crippen MR) is 257 cm³/mol. The van der Waals surface area contributed by atoms with Crippen molar-refractivity contribution in [3.8, 4) is 5.75 Å². The van der Waals surface area contributed by atoms with Gasteiger partial charge in [0.15, 0.2) is 0 Å². The number of amides is 1. The van der Waals surface area contributed by atoms with Gasteiger partial charge in [-0.3, -0.25) is 9.59 Å². The van der Waals surface area contributed by atoms with Crippen LogP contribution in [0.4, 0.5) is 0 Å². The van der Waals surface area contributed by atoms with Gasteiger partial charge in [0, 0.05) is 31.6 Å². The zero-order valence-corrected chi connectivity index (χ0v) is 42.2. The summed E-state index contributed by atoms with van der Waals surface area (Å²) in [7, 11) is 4.37. The normalized spacial score (nSPS) is 19.5. The number of carbonyl (C=O) groups is 1. The summed E-state index contributed by atoms with van der Waals surface area (Å²) in [6.45, 7) is 52.6. The Kier molecular flexibility index (Phi) is 23.5. The molecule has 5 rings (SSSR count). The molecule has 1 atom stereocenters. The molecule has 342 valence electrons. The number of thioether (sulfide) groups is 1. The minimum Gasteiger partial charge on any atom is -0.502 e. The maximum atomic E-state index is 11.3. The Bertz CT molecular complexity index is 1380. The third-order valence-electron chi connectivity index (χ3n) is 11.3. The molecule has 1 unspecified atom stereocenters. The van der Waals surface area contributed by atoms with Crippen LogP contribution in [0.25, 0.3) is 0 Å². The van der Waals surface area contributed by atoms with Crippen LogP contribution in [0.1, 0.15) is 183 Å². The molecule has 0 aromatic carbocycles. The maximum Gasteiger partial charge on any atom is 0.293 e. The van der Waals surface area contributed by atoms with Gasteiger partial charge < -0.3 is 25.2 Å². The van der Waals surface area contributed by atoms with E-state index in [2.05, 4.69) is 157 Å². The standard InChI is InChI=1S/C9H14N2O2.C9H15NOS.2C8H17N.C8H16.C6H14.CH4/c1-5-10-7(9(2,3)4)6(12)8(13)11-5;1-6-10-8(11)7(12-6)5-9(2,3)4;2*1-8(2,3)7-5-9(4)6-7;1-8(2,3)7-5-4-6-7;1-5-6(2,3)4;/h12H,1-4H3,(H,10,11,13);7H,1,5H2,2-4H3,(H,10,11);2*7H,5-6H2,1-4H3;7H,4-6H2,1-3H3;5H2,1-4H3;1H4. The first-order chi connectivity index (χ1) is 25.4. The second kappa shape index (κ2) is 23.4. The Hall–Kier alpha value is -1.84. The van der Waals surface area contributed by atoms with E-state index in [9.17, 15) is 14.7 Å². The lowest BCUT2D eigenvalue weighted by Crippen LogP contribution is -2.49. The first-order valence-corrected chi connectivity index (χ1v) is 22.6. The highest BCUT2D eigenvalue weighted by atomic mass is 32.2. The summed E-state index contributed by atoms with van der Waals surface area (Å²) >= 11 is 1.55. The van der Waals surface area contributed by atoms with Crippen LogP contribution in [0.2, 0.25) is 0 Å². The number of nitrogens with zero attached hydrogens (tertiary/aromatic N) is 3. The van der Waals surface area contributed by atoms with Crippen LogP contribution in [-0.2, 0) is 10.2 Å². The van der Waals surface area contributed by atoms with Gasteiger partial charge in [-0.1, -0.05) is 170 Å². The van der Waals surface area contributed by atoms with Crippen LogP contribution >= 0.6 is 11.8 Å². The number of aryl methyl sites for hydroxylation is 1. The predicted octanol–water partition coefficient (Wildman–Crippen LogP) is 12.3. The maximum absolute atomic E-state index is 11.3. The Morgan fingerprint density at radius 3 is 1.29 bits per heavy atom. The van der Waals surface area contributed by atoms with Gasteiger partial charge in [-0.05, 0) is 85.1 Å². The molecule has 1 aliphatic carbocycles. The number of likely N-dealkylation sites (tertiary alicyclic amines) is 2. The summed E-state index contributed by atoms with van der Waals surface area (Å²) in [5.74, 6) is 3.25. The highest BCUT2D eigenvalue weighted by molar-refractivity contribution is 8.04. The summed E-state index contributed by atoms with van der Waals surface area (Å²) in [6.07, 6.45) is 6.60. The second-order valence-corrected chi connectivity index (χ2v) is 25.2. The minimum atomic E-state index is -0.475. The van der Waals surface area contributed by atoms with Gasteiger partial charge in [0.2, 0.25) is 11.7 Å². The molecule has 8 nitrogen and oxygen atoms in total. The van der Waals surface area contributed by atoms with Gasteiger partial charge in [-0.25, -0.2) is 4.98 Å². The first kappa shape index (κ1) is 58.3. The zero-order valence-electron chi connectivity index (χ0n) is 41.4. The van der Waals surface area contributed by atoms with E-state index in [0.29, 0.717) is 33.2 Å². The molecule has 0 bridgehead atoms. The highest BCUT2D eigenvalue weighted by Crippen LogP contribution is 2.41. The van der Waals surface area contributed by atoms with Crippen LogP contribution < -0.4 is 10.9 Å². The average molecular weight is 836 g/mol. The van der Waals surface area contributed by atoms with E-state index in [4.69, 9.17) is 0 Å². The molecule has 9 heteroatoms. The van der Waals surface area contributed by atoms with Gasteiger partial charge in [-0.15, -0.1) is 0 Å². The average Bonchev–Trinajstić information content (AvgIpc) is 3.23. The number of hydrogen-bond donors (Lipinski definition) is 3. The van der Waals surface area contributed by atoms with E-state index in [1.807, 2.05) is 20.8 Å². The van der Waals surface area contributed by atoms with Crippen molar-refractivity contribution in [2.45, 2.75) is 189 Å². The van der Waals surface area contributed by atoms with Gasteiger partial charge >= 0.3 is 0 Å². The van der Waals surface area contributed by atoms with E-state index < -0.39 is 5.56 Å². The molecular formula is C49H97N5O3S. The number of hydrogen-bond acceptors (Lipinski definition) is 7. The molecule has 1 aromatic rings. The number of aromatic hydroxyl groups is 1. The third-order valence-corrected chi connectivity index (χ3v) is 12.4. The van der Waals surface area contributed by atoms with Crippen LogP contribution in [0.3, 0.4) is 0 Å². The molecule has 3 saturated heterocycles. The van der Waals surface area contributed by atoms with E-state index >= 15 is 0 Å². The molecule has 4 aliphatic rings. The minimum absolute atomic E-state index is 0. The molecule has 0 radical (unpaired) electrons. The quantitative estimate of drug-likeness (QED) is 0.259. The fourth-order valence-electron chi connectivity index (χ4n) is 6.03. The molecule has 1 amide bonds. The fraction of sp³-hybridized carbons (Fsp3) is 0.857. The van der Waals surface area contributed by atoms with Crippen LogP contribution in [-0.4, -0.2) is 76.3 Å². The SMILES string of the molecule is C.C=C1NC(=O)C(CC(C)(C)C)S1.CC(C)(C)C1CCC1.CCC(C)(C)C.CN1CC(C(C)(C)C)C1.CN1CC(C(C)(C)C)C1.Cc1nc(C(C)(C)C)c(O)c(=O)[nH]1. The molecule has 4 heterocycles. The number of H-pyrrole nitrogens is 1. The van der Waals surface area contributed by atoms with Crippen molar-refractivity contribution in [3.63, 3.8) is 0 Å². The van der Waals surface area contributed by atoms with Gasteiger partial charge in [-0.2, -0.15) is 0 Å². The van der Waals surface area contributed by atoms with Crippen LogP contribution in [0.5, 0.6) is 5.75 Å². The summed E-state index contributed by atoms with van der Waals surface area (Å²) in [6, 6.07) is 0. The van der Waals surface area contributed by atoms with Crippen molar-refractivity contribution < 1.29 is 9.90 Å². The van der Waals surface area contributed by atoms with Crippen molar-refractivity contribution in [2.75, 3.05) is 40.3 Å². The van der Waals surface area contributed by atoms with Crippen LogP contribution in [0, 0.1) is 51.8 Å². The van der Waals surface area contributed by atoms with Crippen molar-refractivity contribution in [1.82, 2.24) is 25.1 Å². The second-order valence-electron chi connectivity index (χ2n) is 23.9. The van der Waals surface area contributed by atoms with Gasteiger partial charge in [0.1, 0.15) is 5.82 Å². The van der Waals surface area contributed by atoms with Crippen LogP contribution in [0.15, 0.2) is 16.4 Å². The zero-order chi connectivity index (χ0) is 45.1. The Balaban J connectivity index is 0. The summed E-state index contributed by atoms with van der Waals surface area (Å²) in [5.41, 5.74) is 2.06. The number of rotatable bonds is 1. The van der Waals surface area contributed by atoms with Crippen molar-refractivity contribution >= 4 is 17.7 Å². The number of nitrogens with one attached hydrogen (secondary N) is 2. The Morgan fingerprint density at radius 2 is 1.10 bits per heavy atom. The third kappa shape index (κ3) is 23.8. The molecular weight excluding hydrogens is 739 g/mol. The van der Waals surface area contributed by atoms with Crippen molar-refractivity contribution in [2.24, 2.45) is 44.8 Å². The van der Waals surface area contributed by atoms with Gasteiger partial charge in [0.25, 0.3) is 5.56 Å². The topological polar surface area (TPSA) is 102 Å². The molecule has 3 N–H and O–H groups in total. The van der Waals surface area contributed by atoms with E-state index in [-0.39, 0.29) is 35.2 Å². The molecule has 1 aromatic heterocycles. The lowest BCUT2D eigenvalue weighted by molar-refractivity contribution is -0.119. The van der Waals surface area contributed by atoms with E-state index in [0.717, 1.165) is 29.2 Å². The van der Waals surface area contributed by atoms with Crippen molar-refractivity contribution in [3.05, 3.63) is 33.5 Å². The highest BCUT2D eigenvalue weighted by Gasteiger charge is 2.34. The van der Waals surface area contributed by atoms with Gasteiger partial charge in [0.05, 0.1) is 16.0 Å². The summed E-state index contributed by atoms with van der Waals surface area (Å²) in [5, 5.41) is 13.0. The number of carbonyl (C=O) groups excluding carboxylic acids is 1.